The van der Waals surface area contributed by atoms with E-state index in [4.69, 9.17) is 5.26 Å². The smallest absolute Gasteiger partial charge is 0.143 e. The Morgan fingerprint density at radius 3 is 2.53 bits per heavy atom. The summed E-state index contributed by atoms with van der Waals surface area (Å²) in [6.45, 7) is 0. The van der Waals surface area contributed by atoms with Crippen LogP contribution < -0.4 is 5.32 Å². The second kappa shape index (κ2) is 4.74. The van der Waals surface area contributed by atoms with Crippen molar-refractivity contribution in [3.05, 3.63) is 58.9 Å². The van der Waals surface area contributed by atoms with Gasteiger partial charge in [0.2, 0.25) is 0 Å². The summed E-state index contributed by atoms with van der Waals surface area (Å²) < 4.78 is 13.5. The third-order valence-electron chi connectivity index (χ3n) is 3.48. The van der Waals surface area contributed by atoms with Gasteiger partial charge in [0.25, 0.3) is 0 Å². The van der Waals surface area contributed by atoms with Crippen molar-refractivity contribution in [2.75, 3.05) is 5.32 Å². The maximum Gasteiger partial charge on any atom is 0.143 e. The number of hydrogen-bond acceptors (Lipinski definition) is 2. The van der Waals surface area contributed by atoms with Crippen LogP contribution in [-0.4, -0.2) is 0 Å². The largest absolute Gasteiger partial charge is 0.355 e. The van der Waals surface area contributed by atoms with Crippen LogP contribution in [0.15, 0.2) is 36.4 Å². The van der Waals surface area contributed by atoms with Gasteiger partial charge in [-0.1, -0.05) is 6.07 Å². The SMILES string of the molecule is N#Cc1ccc(Nc2ccc3c(c2)CCC3)cc1F. The van der Waals surface area contributed by atoms with Crippen LogP contribution in [0, 0.1) is 17.1 Å². The quantitative estimate of drug-likeness (QED) is 0.879. The normalized spacial score (nSPS) is 12.8. The number of halogens is 1. The van der Waals surface area contributed by atoms with Crippen molar-refractivity contribution in [2.24, 2.45) is 0 Å². The highest BCUT2D eigenvalue weighted by Crippen LogP contribution is 2.27. The molecule has 0 saturated carbocycles. The number of fused-ring (bicyclic) bond motifs is 1. The molecule has 1 aliphatic carbocycles. The number of aryl methyl sites for hydroxylation is 2. The van der Waals surface area contributed by atoms with E-state index in [9.17, 15) is 4.39 Å². The lowest BCUT2D eigenvalue weighted by Crippen LogP contribution is -1.94. The molecule has 0 aliphatic heterocycles. The van der Waals surface area contributed by atoms with Crippen LogP contribution in [0.3, 0.4) is 0 Å². The fourth-order valence-electron chi connectivity index (χ4n) is 2.50. The second-order valence-electron chi connectivity index (χ2n) is 4.77. The zero-order chi connectivity index (χ0) is 13.2. The van der Waals surface area contributed by atoms with Crippen molar-refractivity contribution in [1.82, 2.24) is 0 Å². The molecule has 2 aromatic rings. The first-order chi connectivity index (χ1) is 9.26. The average Bonchev–Trinajstić information content (AvgIpc) is 2.86. The molecule has 0 saturated heterocycles. The molecule has 94 valence electrons. The number of nitriles is 1. The molecule has 0 radical (unpaired) electrons. The lowest BCUT2D eigenvalue weighted by atomic mass is 10.1. The first kappa shape index (κ1) is 11.7. The van der Waals surface area contributed by atoms with Crippen LogP contribution in [0.5, 0.6) is 0 Å². The van der Waals surface area contributed by atoms with Crippen molar-refractivity contribution in [3.63, 3.8) is 0 Å². The first-order valence-corrected chi connectivity index (χ1v) is 6.35. The standard InChI is InChI=1S/C16H13FN2/c17-16-9-15(7-5-13(16)10-18)19-14-6-4-11-2-1-3-12(11)8-14/h4-9,19H,1-3H2. The molecular weight excluding hydrogens is 239 g/mol. The molecule has 0 spiro atoms. The molecule has 0 atom stereocenters. The zero-order valence-electron chi connectivity index (χ0n) is 10.4. The van der Waals surface area contributed by atoms with E-state index in [2.05, 4.69) is 17.4 Å². The highest BCUT2D eigenvalue weighted by molar-refractivity contribution is 5.62. The molecule has 1 N–H and O–H groups in total. The number of benzene rings is 2. The van der Waals surface area contributed by atoms with Gasteiger partial charge in [-0.05, 0) is 60.7 Å². The fourth-order valence-corrected chi connectivity index (χ4v) is 2.50. The fraction of sp³-hybridized carbons (Fsp3) is 0.188. The number of anilines is 2. The van der Waals surface area contributed by atoms with Gasteiger partial charge in [0.15, 0.2) is 0 Å². The van der Waals surface area contributed by atoms with Crippen molar-refractivity contribution in [1.29, 1.82) is 5.26 Å². The molecule has 3 rings (SSSR count). The molecule has 0 heterocycles. The van der Waals surface area contributed by atoms with Crippen molar-refractivity contribution in [2.45, 2.75) is 19.3 Å². The second-order valence-corrected chi connectivity index (χ2v) is 4.77. The Hall–Kier alpha value is -2.34. The van der Waals surface area contributed by atoms with Crippen molar-refractivity contribution >= 4 is 11.4 Å². The van der Waals surface area contributed by atoms with Gasteiger partial charge in [0.1, 0.15) is 11.9 Å². The zero-order valence-corrected chi connectivity index (χ0v) is 10.4. The first-order valence-electron chi connectivity index (χ1n) is 6.35. The Morgan fingerprint density at radius 1 is 1.00 bits per heavy atom. The van der Waals surface area contributed by atoms with Crippen LogP contribution in [-0.2, 0) is 12.8 Å². The lowest BCUT2D eigenvalue weighted by Gasteiger charge is -2.09. The van der Waals surface area contributed by atoms with E-state index < -0.39 is 5.82 Å². The van der Waals surface area contributed by atoms with E-state index in [0.29, 0.717) is 5.69 Å². The van der Waals surface area contributed by atoms with Crippen LogP contribution in [0.4, 0.5) is 15.8 Å². The monoisotopic (exact) mass is 252 g/mol. The maximum absolute atomic E-state index is 13.5. The predicted molar refractivity (Wildman–Crippen MR) is 72.9 cm³/mol. The number of nitrogens with one attached hydrogen (secondary N) is 1. The van der Waals surface area contributed by atoms with E-state index in [1.807, 2.05) is 12.1 Å². The van der Waals surface area contributed by atoms with E-state index >= 15 is 0 Å². The number of nitrogens with zero attached hydrogens (tertiary/aromatic N) is 1. The molecule has 0 fully saturated rings. The lowest BCUT2D eigenvalue weighted by molar-refractivity contribution is 0.624. The third kappa shape index (κ3) is 2.30. The summed E-state index contributed by atoms with van der Waals surface area (Å²) in [5.41, 5.74) is 4.48. The third-order valence-corrected chi connectivity index (χ3v) is 3.48. The number of hydrogen-bond donors (Lipinski definition) is 1. The topological polar surface area (TPSA) is 35.8 Å². The summed E-state index contributed by atoms with van der Waals surface area (Å²) >= 11 is 0. The summed E-state index contributed by atoms with van der Waals surface area (Å²) in [7, 11) is 0. The molecule has 2 nitrogen and oxygen atoms in total. The molecule has 0 amide bonds. The highest BCUT2D eigenvalue weighted by atomic mass is 19.1. The molecule has 1 aliphatic rings. The Morgan fingerprint density at radius 2 is 1.74 bits per heavy atom. The van der Waals surface area contributed by atoms with E-state index in [1.165, 1.54) is 29.7 Å². The predicted octanol–water partition coefficient (Wildman–Crippen LogP) is 3.93. The van der Waals surface area contributed by atoms with E-state index in [1.54, 1.807) is 6.07 Å². The Bertz CT molecular complexity index is 662. The van der Waals surface area contributed by atoms with Gasteiger partial charge in [-0.15, -0.1) is 0 Å². The molecular formula is C16H13FN2. The van der Waals surface area contributed by atoms with Crippen LogP contribution >= 0.6 is 0 Å². The molecule has 19 heavy (non-hydrogen) atoms. The summed E-state index contributed by atoms with van der Waals surface area (Å²) in [6.07, 6.45) is 3.48. The van der Waals surface area contributed by atoms with Crippen LogP contribution in [0.1, 0.15) is 23.1 Å². The molecule has 3 heteroatoms. The van der Waals surface area contributed by atoms with E-state index in [-0.39, 0.29) is 5.56 Å². The van der Waals surface area contributed by atoms with Gasteiger partial charge in [-0.2, -0.15) is 5.26 Å². The minimum atomic E-state index is -0.492. The van der Waals surface area contributed by atoms with Crippen molar-refractivity contribution < 1.29 is 4.39 Å². The minimum absolute atomic E-state index is 0.0690. The molecule has 2 aromatic carbocycles. The maximum atomic E-state index is 13.5. The summed E-state index contributed by atoms with van der Waals surface area (Å²) in [4.78, 5) is 0. The van der Waals surface area contributed by atoms with Crippen LogP contribution in [0.25, 0.3) is 0 Å². The Kier molecular flexibility index (Phi) is 2.92. The van der Waals surface area contributed by atoms with Gasteiger partial charge in [-0.25, -0.2) is 4.39 Å². The van der Waals surface area contributed by atoms with Gasteiger partial charge in [0.05, 0.1) is 5.56 Å². The average molecular weight is 252 g/mol. The summed E-state index contributed by atoms with van der Waals surface area (Å²) in [6, 6.07) is 12.6. The molecule has 0 aromatic heterocycles. The number of rotatable bonds is 2. The minimum Gasteiger partial charge on any atom is -0.355 e. The van der Waals surface area contributed by atoms with E-state index in [0.717, 1.165) is 18.5 Å². The highest BCUT2D eigenvalue weighted by Gasteiger charge is 2.11. The van der Waals surface area contributed by atoms with Crippen LogP contribution in [0.2, 0.25) is 0 Å². The molecule has 0 unspecified atom stereocenters. The van der Waals surface area contributed by atoms with Gasteiger partial charge >= 0.3 is 0 Å². The van der Waals surface area contributed by atoms with Gasteiger partial charge in [0, 0.05) is 11.4 Å². The Balaban J connectivity index is 1.85. The summed E-state index contributed by atoms with van der Waals surface area (Å²) in [5.74, 6) is -0.492. The van der Waals surface area contributed by atoms with Crippen molar-refractivity contribution in [3.8, 4) is 6.07 Å². The Labute approximate surface area is 111 Å². The molecule has 0 bridgehead atoms. The van der Waals surface area contributed by atoms with Gasteiger partial charge < -0.3 is 5.32 Å². The summed E-state index contributed by atoms with van der Waals surface area (Å²) in [5, 5.41) is 11.9. The van der Waals surface area contributed by atoms with Gasteiger partial charge in [-0.3, -0.25) is 0 Å².